The maximum Gasteiger partial charge on any atom is 0.171 e. The van der Waals surface area contributed by atoms with Gasteiger partial charge in [-0.2, -0.15) is 0 Å². The van der Waals surface area contributed by atoms with Crippen LogP contribution < -0.4 is 10.6 Å². The third kappa shape index (κ3) is 5.63. The first kappa shape index (κ1) is 18.0. The molecule has 4 heteroatoms. The van der Waals surface area contributed by atoms with E-state index in [1.54, 1.807) is 0 Å². The average molecular weight is 391 g/mol. The summed E-state index contributed by atoms with van der Waals surface area (Å²) in [5.41, 5.74) is 4.80. The van der Waals surface area contributed by atoms with Gasteiger partial charge in [0.1, 0.15) is 0 Å². The number of thiocarbonyl (C=S) groups is 1. The summed E-state index contributed by atoms with van der Waals surface area (Å²) in [7, 11) is 0. The molecule has 0 aliphatic rings. The van der Waals surface area contributed by atoms with Crippen LogP contribution in [0.1, 0.15) is 30.0 Å². The minimum Gasteiger partial charge on any atom is -0.360 e. The Bertz CT molecular complexity index is 647. The predicted octanol–water partition coefficient (Wildman–Crippen LogP) is 5.37. The minimum atomic E-state index is 0.325. The van der Waals surface area contributed by atoms with Crippen LogP contribution in [-0.2, 0) is 6.42 Å². The molecule has 0 heterocycles. The molecule has 2 aromatic rings. The van der Waals surface area contributed by atoms with Gasteiger partial charge in [0.05, 0.1) is 0 Å². The second kappa shape index (κ2) is 8.46. The van der Waals surface area contributed by atoms with E-state index in [1.165, 1.54) is 16.7 Å². The molecular weight excluding hydrogens is 368 g/mol. The number of hydrogen-bond acceptors (Lipinski definition) is 1. The Kier molecular flexibility index (Phi) is 6.60. The van der Waals surface area contributed by atoms with E-state index >= 15 is 0 Å². The first-order valence-electron chi connectivity index (χ1n) is 7.84. The van der Waals surface area contributed by atoms with E-state index in [1.807, 2.05) is 6.07 Å². The first-order valence-corrected chi connectivity index (χ1v) is 9.04. The number of hydrogen-bond donors (Lipinski definition) is 2. The molecular formula is C19H23BrN2S. The van der Waals surface area contributed by atoms with Crippen molar-refractivity contribution in [1.29, 1.82) is 0 Å². The van der Waals surface area contributed by atoms with Crippen molar-refractivity contribution in [3.05, 3.63) is 63.6 Å². The van der Waals surface area contributed by atoms with Gasteiger partial charge < -0.3 is 10.6 Å². The van der Waals surface area contributed by atoms with Crippen molar-refractivity contribution < 1.29 is 0 Å². The fourth-order valence-electron chi connectivity index (χ4n) is 2.58. The zero-order chi connectivity index (χ0) is 16.8. The van der Waals surface area contributed by atoms with Crippen LogP contribution in [0.25, 0.3) is 0 Å². The van der Waals surface area contributed by atoms with Crippen LogP contribution in [0.5, 0.6) is 0 Å². The van der Waals surface area contributed by atoms with Gasteiger partial charge in [-0.1, -0.05) is 46.3 Å². The largest absolute Gasteiger partial charge is 0.360 e. The van der Waals surface area contributed by atoms with Crippen molar-refractivity contribution in [3.8, 4) is 0 Å². The lowest BCUT2D eigenvalue weighted by atomic mass is 10.1. The lowest BCUT2D eigenvalue weighted by Gasteiger charge is -2.19. The van der Waals surface area contributed by atoms with Crippen molar-refractivity contribution in [2.75, 3.05) is 5.32 Å². The Labute approximate surface area is 152 Å². The van der Waals surface area contributed by atoms with E-state index < -0.39 is 0 Å². The summed E-state index contributed by atoms with van der Waals surface area (Å²) < 4.78 is 1.09. The normalized spacial score (nSPS) is 11.8. The molecule has 0 aliphatic carbocycles. The molecule has 0 radical (unpaired) electrons. The summed E-state index contributed by atoms with van der Waals surface area (Å²) in [6.07, 6.45) is 2.10. The lowest BCUT2D eigenvalue weighted by Crippen LogP contribution is -2.36. The molecule has 0 aromatic heterocycles. The van der Waals surface area contributed by atoms with E-state index in [-0.39, 0.29) is 0 Å². The van der Waals surface area contributed by atoms with Crippen molar-refractivity contribution in [3.63, 3.8) is 0 Å². The van der Waals surface area contributed by atoms with Gasteiger partial charge in [0, 0.05) is 16.2 Å². The third-order valence-corrected chi connectivity index (χ3v) is 4.50. The molecule has 2 nitrogen and oxygen atoms in total. The first-order chi connectivity index (χ1) is 11.0. The molecule has 0 saturated heterocycles. The van der Waals surface area contributed by atoms with E-state index in [4.69, 9.17) is 12.2 Å². The van der Waals surface area contributed by atoms with Gasteiger partial charge in [0.15, 0.2) is 5.11 Å². The standard InChI is InChI=1S/C19H23BrN2S/c1-13-11-17(20)12-14(2)18(13)22-19(23)21-15(3)9-10-16-7-5-4-6-8-16/h4-8,11-12,15H,9-10H2,1-3H3,(H2,21,22,23)/t15-/m1/s1. The van der Waals surface area contributed by atoms with Crippen molar-refractivity contribution in [2.24, 2.45) is 0 Å². The summed E-state index contributed by atoms with van der Waals surface area (Å²) in [5, 5.41) is 7.39. The van der Waals surface area contributed by atoms with E-state index in [9.17, 15) is 0 Å². The molecule has 2 N–H and O–H groups in total. The Balaban J connectivity index is 1.87. The highest BCUT2D eigenvalue weighted by Crippen LogP contribution is 2.25. The number of benzene rings is 2. The Morgan fingerprint density at radius 3 is 2.35 bits per heavy atom. The molecule has 2 aromatic carbocycles. The monoisotopic (exact) mass is 390 g/mol. The second-order valence-corrected chi connectivity index (χ2v) is 7.26. The summed E-state index contributed by atoms with van der Waals surface area (Å²) in [5.74, 6) is 0. The summed E-state index contributed by atoms with van der Waals surface area (Å²) in [6, 6.07) is 15.1. The SMILES string of the molecule is Cc1cc(Br)cc(C)c1NC(=S)N[C@H](C)CCc1ccccc1. The van der Waals surface area contributed by atoms with Crippen LogP contribution in [-0.4, -0.2) is 11.2 Å². The number of nitrogens with one attached hydrogen (secondary N) is 2. The van der Waals surface area contributed by atoms with Gasteiger partial charge in [0.2, 0.25) is 0 Å². The summed E-state index contributed by atoms with van der Waals surface area (Å²) in [4.78, 5) is 0. The molecule has 0 amide bonds. The van der Waals surface area contributed by atoms with Crippen molar-refractivity contribution >= 4 is 38.9 Å². The number of halogens is 1. The average Bonchev–Trinajstić information content (AvgIpc) is 2.50. The van der Waals surface area contributed by atoms with Crippen molar-refractivity contribution in [2.45, 2.75) is 39.7 Å². The number of anilines is 1. The summed E-state index contributed by atoms with van der Waals surface area (Å²) in [6.45, 7) is 6.33. The molecule has 0 aliphatic heterocycles. The van der Waals surface area contributed by atoms with Crippen LogP contribution in [0.15, 0.2) is 46.9 Å². The molecule has 122 valence electrons. The Morgan fingerprint density at radius 1 is 1.13 bits per heavy atom. The maximum atomic E-state index is 5.46. The van der Waals surface area contributed by atoms with Crippen LogP contribution in [0.4, 0.5) is 5.69 Å². The molecule has 0 unspecified atom stereocenters. The predicted molar refractivity (Wildman–Crippen MR) is 107 cm³/mol. The highest BCUT2D eigenvalue weighted by Gasteiger charge is 2.09. The zero-order valence-electron chi connectivity index (χ0n) is 13.8. The molecule has 0 fully saturated rings. The molecule has 2 rings (SSSR count). The van der Waals surface area contributed by atoms with E-state index in [0.29, 0.717) is 11.2 Å². The number of aryl methyl sites for hydroxylation is 3. The van der Waals surface area contributed by atoms with Crippen LogP contribution in [0.3, 0.4) is 0 Å². The van der Waals surface area contributed by atoms with E-state index in [0.717, 1.165) is 23.0 Å². The molecule has 0 spiro atoms. The highest BCUT2D eigenvalue weighted by molar-refractivity contribution is 9.10. The van der Waals surface area contributed by atoms with Crippen LogP contribution in [0.2, 0.25) is 0 Å². The molecule has 0 bridgehead atoms. The van der Waals surface area contributed by atoms with Gasteiger partial charge >= 0.3 is 0 Å². The van der Waals surface area contributed by atoms with Crippen LogP contribution >= 0.6 is 28.1 Å². The Hall–Kier alpha value is -1.39. The number of rotatable bonds is 5. The topological polar surface area (TPSA) is 24.1 Å². The van der Waals surface area contributed by atoms with Gasteiger partial charge in [-0.3, -0.25) is 0 Å². The van der Waals surface area contributed by atoms with Crippen LogP contribution in [0, 0.1) is 13.8 Å². The quantitative estimate of drug-likeness (QED) is 0.670. The smallest absolute Gasteiger partial charge is 0.171 e. The third-order valence-electron chi connectivity index (χ3n) is 3.82. The van der Waals surface area contributed by atoms with Gasteiger partial charge in [0.25, 0.3) is 0 Å². The minimum absolute atomic E-state index is 0.325. The second-order valence-electron chi connectivity index (χ2n) is 5.94. The zero-order valence-corrected chi connectivity index (χ0v) is 16.2. The van der Waals surface area contributed by atoms with E-state index in [2.05, 4.69) is 83.7 Å². The Morgan fingerprint density at radius 2 is 1.74 bits per heavy atom. The summed E-state index contributed by atoms with van der Waals surface area (Å²) >= 11 is 8.98. The highest BCUT2D eigenvalue weighted by atomic mass is 79.9. The molecule has 1 atom stereocenters. The fourth-order valence-corrected chi connectivity index (χ4v) is 3.57. The van der Waals surface area contributed by atoms with Crippen molar-refractivity contribution in [1.82, 2.24) is 5.32 Å². The molecule has 0 saturated carbocycles. The van der Waals surface area contributed by atoms with Gasteiger partial charge in [-0.25, -0.2) is 0 Å². The maximum absolute atomic E-state index is 5.46. The van der Waals surface area contributed by atoms with Gasteiger partial charge in [-0.05, 0) is 74.7 Å². The van der Waals surface area contributed by atoms with Gasteiger partial charge in [-0.15, -0.1) is 0 Å². The lowest BCUT2D eigenvalue weighted by molar-refractivity contribution is 0.609. The fraction of sp³-hybridized carbons (Fsp3) is 0.316. The molecule has 23 heavy (non-hydrogen) atoms.